The summed E-state index contributed by atoms with van der Waals surface area (Å²) in [5.41, 5.74) is 1.61. The Labute approximate surface area is 244 Å². The van der Waals surface area contributed by atoms with E-state index in [1.165, 1.54) is 23.5 Å². The fourth-order valence-electron chi connectivity index (χ4n) is 5.21. The Hall–Kier alpha value is -2.30. The van der Waals surface area contributed by atoms with E-state index in [9.17, 15) is 27.9 Å². The summed E-state index contributed by atoms with van der Waals surface area (Å²) in [5, 5.41) is 12.9. The van der Waals surface area contributed by atoms with Crippen LogP contribution in [0.4, 0.5) is 0 Å². The van der Waals surface area contributed by atoms with Crippen molar-refractivity contribution in [3.8, 4) is 0 Å². The second-order valence-electron chi connectivity index (χ2n) is 11.7. The number of sulfone groups is 1. The second-order valence-corrected chi connectivity index (χ2v) is 16.9. The highest BCUT2D eigenvalue weighted by Crippen LogP contribution is 2.47. The Bertz CT molecular complexity index is 1420. The summed E-state index contributed by atoms with van der Waals surface area (Å²) < 4.78 is 26.0. The number of aliphatic carboxylic acids is 1. The summed E-state index contributed by atoms with van der Waals surface area (Å²) >= 11 is 2.53. The number of nitrogens with one attached hydrogen (secondary N) is 1. The minimum absolute atomic E-state index is 0.0977. The average molecular weight is 602 g/mol. The first-order valence-corrected chi connectivity index (χ1v) is 17.0. The van der Waals surface area contributed by atoms with Gasteiger partial charge in [0.1, 0.15) is 10.5 Å². The molecule has 0 aromatic heterocycles. The van der Waals surface area contributed by atoms with E-state index in [4.69, 9.17) is 0 Å². The number of allylic oxidation sites excluding steroid dienone is 4. The Balaban J connectivity index is 1.40. The highest BCUT2D eigenvalue weighted by atomic mass is 32.2. The maximum Gasteiger partial charge on any atom is 0.319 e. The molecule has 10 heteroatoms. The third-order valence-electron chi connectivity index (χ3n) is 7.88. The van der Waals surface area contributed by atoms with Crippen molar-refractivity contribution < 1.29 is 27.9 Å². The van der Waals surface area contributed by atoms with Crippen molar-refractivity contribution in [2.45, 2.75) is 91.9 Å². The van der Waals surface area contributed by atoms with E-state index >= 15 is 0 Å². The summed E-state index contributed by atoms with van der Waals surface area (Å²) in [7, 11) is -3.36. The quantitative estimate of drug-likeness (QED) is 0.315. The second kappa shape index (κ2) is 11.5. The molecule has 1 aliphatic heterocycles. The van der Waals surface area contributed by atoms with Gasteiger partial charge >= 0.3 is 5.97 Å². The van der Waals surface area contributed by atoms with Gasteiger partial charge in [0.2, 0.25) is 5.91 Å². The van der Waals surface area contributed by atoms with Gasteiger partial charge in [-0.15, -0.1) is 11.8 Å². The number of benzene rings is 1. The number of Topliss-reactive ketones (excluding diaryl/α,β-unsaturated/α-hetero) is 1. The number of carbonyl (C=O) groups excluding carboxylic acids is 2. The standard InChI is InChI=1S/C30H35NO6S3/c1-30(2,29(34)35)39-27-6-4-3-5-26(38-27)31-28(33)24(16-18-7-11-21(32)15-18)20-10-14-25(23(17-20)19-8-9-19)40(36,37)22-12-13-22/h3-6,10,14,17-19,22,24H,7-9,11-13,15-16H2,1-2H3,(H,31,33)(H,34,35)/t18-,24+/m0/s1. The molecular weight excluding hydrogens is 567 g/mol. The molecule has 214 valence electrons. The first-order valence-electron chi connectivity index (χ1n) is 13.8. The van der Waals surface area contributed by atoms with Crippen LogP contribution in [0, 0.1) is 5.92 Å². The minimum Gasteiger partial charge on any atom is -0.480 e. The lowest BCUT2D eigenvalue weighted by Crippen LogP contribution is -2.30. The number of carboxylic acid groups (broad SMARTS) is 1. The lowest BCUT2D eigenvalue weighted by atomic mass is 9.86. The summed E-state index contributed by atoms with van der Waals surface area (Å²) in [6, 6.07) is 5.41. The zero-order chi connectivity index (χ0) is 28.7. The molecule has 3 aliphatic carbocycles. The van der Waals surface area contributed by atoms with Gasteiger partial charge in [0.15, 0.2) is 9.84 Å². The van der Waals surface area contributed by atoms with E-state index in [1.54, 1.807) is 38.1 Å². The van der Waals surface area contributed by atoms with Gasteiger partial charge < -0.3 is 10.4 Å². The monoisotopic (exact) mass is 601 g/mol. The van der Waals surface area contributed by atoms with Crippen LogP contribution in [0.1, 0.15) is 88.2 Å². The highest BCUT2D eigenvalue weighted by molar-refractivity contribution is 8.24. The van der Waals surface area contributed by atoms with Crippen LogP contribution in [0.15, 0.2) is 56.7 Å². The van der Waals surface area contributed by atoms with Gasteiger partial charge in [0.05, 0.1) is 21.1 Å². The molecule has 1 aromatic rings. The van der Waals surface area contributed by atoms with Crippen molar-refractivity contribution in [2.24, 2.45) is 5.92 Å². The van der Waals surface area contributed by atoms with Crippen LogP contribution in [-0.2, 0) is 24.2 Å². The average Bonchev–Trinajstić information content (AvgIpc) is 3.80. The van der Waals surface area contributed by atoms with E-state index < -0.39 is 26.5 Å². The maximum atomic E-state index is 13.9. The number of thioether (sulfide) groups is 2. The number of carboxylic acids is 1. The fourth-order valence-corrected chi connectivity index (χ4v) is 9.60. The minimum atomic E-state index is -3.36. The lowest BCUT2D eigenvalue weighted by Gasteiger charge is -2.23. The van der Waals surface area contributed by atoms with Crippen LogP contribution in [0.2, 0.25) is 0 Å². The summed E-state index contributed by atoms with van der Waals surface area (Å²) in [6.07, 6.45) is 12.8. The number of rotatable bonds is 11. The molecule has 0 unspecified atom stereocenters. The maximum absolute atomic E-state index is 13.9. The zero-order valence-electron chi connectivity index (χ0n) is 22.7. The third-order valence-corrected chi connectivity index (χ3v) is 12.5. The zero-order valence-corrected chi connectivity index (χ0v) is 25.2. The lowest BCUT2D eigenvalue weighted by molar-refractivity contribution is -0.138. The molecule has 7 nitrogen and oxygen atoms in total. The number of carbonyl (C=O) groups is 3. The van der Waals surface area contributed by atoms with Gasteiger partial charge in [-0.1, -0.05) is 36.0 Å². The van der Waals surface area contributed by atoms with Gasteiger partial charge in [-0.3, -0.25) is 14.4 Å². The first-order chi connectivity index (χ1) is 18.9. The highest BCUT2D eigenvalue weighted by Gasteiger charge is 2.41. The van der Waals surface area contributed by atoms with Gasteiger partial charge in [0, 0.05) is 17.1 Å². The number of hydrogen-bond acceptors (Lipinski definition) is 7. The molecule has 3 saturated carbocycles. The van der Waals surface area contributed by atoms with Crippen LogP contribution in [-0.4, -0.2) is 41.2 Å². The van der Waals surface area contributed by atoms with E-state index in [-0.39, 0.29) is 28.8 Å². The van der Waals surface area contributed by atoms with E-state index in [1.807, 2.05) is 18.2 Å². The van der Waals surface area contributed by atoms with Crippen molar-refractivity contribution in [2.75, 3.05) is 0 Å². The molecule has 2 N–H and O–H groups in total. The number of amides is 1. The van der Waals surface area contributed by atoms with Gasteiger partial charge in [-0.25, -0.2) is 8.42 Å². The molecule has 5 rings (SSSR count). The smallest absolute Gasteiger partial charge is 0.319 e. The SMILES string of the molecule is CC(C)(SC1=CC=CC=C(NC(=O)[C@H](C[C@H]2CCC(=O)C2)c2ccc(S(=O)(=O)C3CC3)c(C3CC3)c2)S1)C(=O)O. The molecule has 40 heavy (non-hydrogen) atoms. The predicted octanol–water partition coefficient (Wildman–Crippen LogP) is 6.04. The van der Waals surface area contributed by atoms with Gasteiger partial charge in [-0.2, -0.15) is 0 Å². The van der Waals surface area contributed by atoms with Crippen molar-refractivity contribution in [1.82, 2.24) is 5.32 Å². The summed E-state index contributed by atoms with van der Waals surface area (Å²) in [6.45, 7) is 3.28. The topological polar surface area (TPSA) is 118 Å². The number of ketones is 1. The van der Waals surface area contributed by atoms with Crippen molar-refractivity contribution in [3.63, 3.8) is 0 Å². The van der Waals surface area contributed by atoms with Crippen molar-refractivity contribution >= 4 is 51.0 Å². The molecular formula is C30H35NO6S3. The number of hydrogen-bond donors (Lipinski definition) is 2. The molecule has 1 heterocycles. The molecule has 2 atom stereocenters. The van der Waals surface area contributed by atoms with Crippen LogP contribution in [0.3, 0.4) is 0 Å². The molecule has 0 bridgehead atoms. The van der Waals surface area contributed by atoms with Crippen molar-refractivity contribution in [1.29, 1.82) is 0 Å². The van der Waals surface area contributed by atoms with E-state index in [0.29, 0.717) is 42.0 Å². The van der Waals surface area contributed by atoms with Crippen LogP contribution in [0.25, 0.3) is 0 Å². The van der Waals surface area contributed by atoms with E-state index in [2.05, 4.69) is 5.32 Å². The Morgan fingerprint density at radius 2 is 1.85 bits per heavy atom. The largest absolute Gasteiger partial charge is 0.480 e. The molecule has 0 saturated heterocycles. The van der Waals surface area contributed by atoms with Crippen LogP contribution >= 0.6 is 23.5 Å². The normalized spacial score (nSPS) is 22.4. The van der Waals surface area contributed by atoms with Crippen molar-refractivity contribution in [3.05, 3.63) is 62.9 Å². The molecule has 1 aromatic carbocycles. The Morgan fingerprint density at radius 3 is 2.48 bits per heavy atom. The molecule has 4 aliphatic rings. The molecule has 1 amide bonds. The molecule has 0 radical (unpaired) electrons. The van der Waals surface area contributed by atoms with Crippen LogP contribution in [0.5, 0.6) is 0 Å². The summed E-state index contributed by atoms with van der Waals surface area (Å²) in [4.78, 5) is 38.0. The third kappa shape index (κ3) is 6.77. The fraction of sp³-hybridized carbons (Fsp3) is 0.500. The summed E-state index contributed by atoms with van der Waals surface area (Å²) in [5.74, 6) is -1.17. The van der Waals surface area contributed by atoms with E-state index in [0.717, 1.165) is 34.6 Å². The Morgan fingerprint density at radius 1 is 1.12 bits per heavy atom. The Kier molecular flexibility index (Phi) is 8.42. The van der Waals surface area contributed by atoms with Gasteiger partial charge in [-0.05, 0) is 93.6 Å². The van der Waals surface area contributed by atoms with Gasteiger partial charge in [0.25, 0.3) is 0 Å². The molecule has 3 fully saturated rings. The first kappa shape index (κ1) is 29.2. The predicted molar refractivity (Wildman–Crippen MR) is 159 cm³/mol. The van der Waals surface area contributed by atoms with Crippen LogP contribution < -0.4 is 5.32 Å². The molecule has 0 spiro atoms.